The number of rotatable bonds is 10. The van der Waals surface area contributed by atoms with Gasteiger partial charge in [-0.2, -0.15) is 0 Å². The summed E-state index contributed by atoms with van der Waals surface area (Å²) in [5.74, 6) is 0.0506. The van der Waals surface area contributed by atoms with E-state index >= 15 is 0 Å². The summed E-state index contributed by atoms with van der Waals surface area (Å²) in [4.78, 5) is 26.5. The molecule has 1 heterocycles. The topological polar surface area (TPSA) is 61.4 Å². The van der Waals surface area contributed by atoms with Crippen molar-refractivity contribution >= 4 is 17.5 Å². The highest BCUT2D eigenvalue weighted by Crippen LogP contribution is 2.15. The fourth-order valence-electron chi connectivity index (χ4n) is 3.41. The molecule has 5 nitrogen and oxygen atoms in total. The Morgan fingerprint density at radius 1 is 0.926 bits per heavy atom. The molecule has 0 atom stereocenters. The molecule has 1 aromatic carbocycles. The highest BCUT2D eigenvalue weighted by Gasteiger charge is 2.17. The van der Waals surface area contributed by atoms with Gasteiger partial charge in [0.1, 0.15) is 0 Å². The summed E-state index contributed by atoms with van der Waals surface area (Å²) >= 11 is 0. The predicted octanol–water partition coefficient (Wildman–Crippen LogP) is 4.20. The lowest BCUT2D eigenvalue weighted by Crippen LogP contribution is -2.31. The Hall–Kier alpha value is -1.88. The lowest BCUT2D eigenvalue weighted by atomic mass is 10.1. The zero-order valence-electron chi connectivity index (χ0n) is 16.8. The molecule has 1 fully saturated rings. The van der Waals surface area contributed by atoms with Crippen LogP contribution in [0.3, 0.4) is 0 Å². The second kappa shape index (κ2) is 12.5. The van der Waals surface area contributed by atoms with E-state index in [1.807, 2.05) is 29.2 Å². The van der Waals surface area contributed by atoms with E-state index < -0.39 is 0 Å². The number of anilines is 1. The molecule has 27 heavy (non-hydrogen) atoms. The molecule has 150 valence electrons. The van der Waals surface area contributed by atoms with Gasteiger partial charge in [0.2, 0.25) is 5.91 Å². The van der Waals surface area contributed by atoms with E-state index in [0.29, 0.717) is 12.1 Å². The van der Waals surface area contributed by atoms with Gasteiger partial charge in [-0.3, -0.25) is 9.59 Å². The molecule has 2 rings (SSSR count). The zero-order valence-corrected chi connectivity index (χ0v) is 16.8. The SMILES string of the molecule is CCCCCCCNCC(=O)Nc1ccc(C(=O)N2CCCCCC2)cc1. The number of amides is 2. The van der Waals surface area contributed by atoms with Crippen LogP contribution in [0.5, 0.6) is 0 Å². The van der Waals surface area contributed by atoms with Gasteiger partial charge in [-0.05, 0) is 50.1 Å². The van der Waals surface area contributed by atoms with Gasteiger partial charge in [0.05, 0.1) is 6.54 Å². The molecule has 2 amide bonds. The quantitative estimate of drug-likeness (QED) is 0.604. The van der Waals surface area contributed by atoms with Gasteiger partial charge < -0.3 is 15.5 Å². The summed E-state index contributed by atoms with van der Waals surface area (Å²) in [6.45, 7) is 5.10. The number of unbranched alkanes of at least 4 members (excludes halogenated alkanes) is 4. The Balaban J connectivity index is 1.69. The Bertz CT molecular complexity index is 563. The largest absolute Gasteiger partial charge is 0.339 e. The predicted molar refractivity (Wildman–Crippen MR) is 111 cm³/mol. The van der Waals surface area contributed by atoms with Crippen LogP contribution >= 0.6 is 0 Å². The number of likely N-dealkylation sites (tertiary alicyclic amines) is 1. The van der Waals surface area contributed by atoms with Crippen LogP contribution in [-0.4, -0.2) is 42.9 Å². The Morgan fingerprint density at radius 2 is 1.59 bits per heavy atom. The van der Waals surface area contributed by atoms with Crippen molar-refractivity contribution in [2.24, 2.45) is 0 Å². The summed E-state index contributed by atoms with van der Waals surface area (Å²) in [6.07, 6.45) is 10.7. The fraction of sp³-hybridized carbons (Fsp3) is 0.636. The molecule has 1 aliphatic heterocycles. The molecule has 1 aliphatic rings. The Morgan fingerprint density at radius 3 is 2.26 bits per heavy atom. The summed E-state index contributed by atoms with van der Waals surface area (Å²) < 4.78 is 0. The average molecular weight is 374 g/mol. The average Bonchev–Trinajstić information content (AvgIpc) is 2.97. The number of carbonyl (C=O) groups is 2. The third-order valence-corrected chi connectivity index (χ3v) is 5.05. The van der Waals surface area contributed by atoms with Crippen LogP contribution in [0.25, 0.3) is 0 Å². The van der Waals surface area contributed by atoms with Crippen molar-refractivity contribution in [1.82, 2.24) is 10.2 Å². The van der Waals surface area contributed by atoms with E-state index in [1.165, 1.54) is 38.5 Å². The number of nitrogens with zero attached hydrogens (tertiary/aromatic N) is 1. The molecule has 0 unspecified atom stereocenters. The molecule has 0 spiro atoms. The summed E-state index contributed by atoms with van der Waals surface area (Å²) in [5.41, 5.74) is 1.43. The maximum Gasteiger partial charge on any atom is 0.253 e. The van der Waals surface area contributed by atoms with Crippen molar-refractivity contribution < 1.29 is 9.59 Å². The Kier molecular flexibility index (Phi) is 9.91. The molecule has 1 aromatic rings. The molecule has 1 saturated heterocycles. The van der Waals surface area contributed by atoms with Gasteiger partial charge in [0, 0.05) is 24.3 Å². The molecule has 0 aromatic heterocycles. The first kappa shape index (κ1) is 21.4. The summed E-state index contributed by atoms with van der Waals surface area (Å²) in [5, 5.41) is 6.07. The number of nitrogens with one attached hydrogen (secondary N) is 2. The van der Waals surface area contributed by atoms with Crippen molar-refractivity contribution in [2.45, 2.75) is 64.7 Å². The highest BCUT2D eigenvalue weighted by atomic mass is 16.2. The van der Waals surface area contributed by atoms with Crippen LogP contribution in [-0.2, 0) is 4.79 Å². The van der Waals surface area contributed by atoms with E-state index in [1.54, 1.807) is 0 Å². The minimum absolute atomic E-state index is 0.0462. The van der Waals surface area contributed by atoms with Crippen molar-refractivity contribution in [1.29, 1.82) is 0 Å². The second-order valence-corrected chi connectivity index (χ2v) is 7.42. The third kappa shape index (κ3) is 8.12. The lowest BCUT2D eigenvalue weighted by molar-refractivity contribution is -0.115. The first-order chi connectivity index (χ1) is 13.2. The molecule has 0 bridgehead atoms. The molecule has 2 N–H and O–H groups in total. The zero-order chi connectivity index (χ0) is 19.3. The summed E-state index contributed by atoms with van der Waals surface area (Å²) in [6, 6.07) is 7.25. The van der Waals surface area contributed by atoms with Crippen molar-refractivity contribution in [2.75, 3.05) is 31.5 Å². The summed E-state index contributed by atoms with van der Waals surface area (Å²) in [7, 11) is 0. The van der Waals surface area contributed by atoms with Crippen molar-refractivity contribution in [3.63, 3.8) is 0 Å². The maximum absolute atomic E-state index is 12.6. The third-order valence-electron chi connectivity index (χ3n) is 5.05. The molecule has 5 heteroatoms. The van der Waals surface area contributed by atoms with Crippen LogP contribution in [0.4, 0.5) is 5.69 Å². The van der Waals surface area contributed by atoms with Gasteiger partial charge in [-0.25, -0.2) is 0 Å². The fourth-order valence-corrected chi connectivity index (χ4v) is 3.41. The van der Waals surface area contributed by atoms with Crippen LogP contribution in [0.2, 0.25) is 0 Å². The van der Waals surface area contributed by atoms with Gasteiger partial charge in [-0.1, -0.05) is 45.4 Å². The highest BCUT2D eigenvalue weighted by molar-refractivity contribution is 5.96. The molecule has 0 radical (unpaired) electrons. The number of benzene rings is 1. The molecular formula is C22H35N3O2. The second-order valence-electron chi connectivity index (χ2n) is 7.42. The normalized spacial score (nSPS) is 14.6. The van der Waals surface area contributed by atoms with Gasteiger partial charge in [-0.15, -0.1) is 0 Å². The maximum atomic E-state index is 12.6. The van der Waals surface area contributed by atoms with Crippen LogP contribution in [0, 0.1) is 0 Å². The number of hydrogen-bond acceptors (Lipinski definition) is 3. The monoisotopic (exact) mass is 373 g/mol. The van der Waals surface area contributed by atoms with Crippen LogP contribution in [0.1, 0.15) is 75.1 Å². The van der Waals surface area contributed by atoms with Gasteiger partial charge in [0.25, 0.3) is 5.91 Å². The lowest BCUT2D eigenvalue weighted by Gasteiger charge is -2.20. The van der Waals surface area contributed by atoms with Crippen LogP contribution in [0.15, 0.2) is 24.3 Å². The molecule has 0 aliphatic carbocycles. The molecule has 0 saturated carbocycles. The minimum Gasteiger partial charge on any atom is -0.339 e. The van der Waals surface area contributed by atoms with Crippen molar-refractivity contribution in [3.05, 3.63) is 29.8 Å². The van der Waals surface area contributed by atoms with E-state index in [4.69, 9.17) is 0 Å². The number of carbonyl (C=O) groups excluding carboxylic acids is 2. The molecular weight excluding hydrogens is 338 g/mol. The number of hydrogen-bond donors (Lipinski definition) is 2. The van der Waals surface area contributed by atoms with E-state index in [9.17, 15) is 9.59 Å². The Labute approximate surface area is 163 Å². The minimum atomic E-state index is -0.0462. The van der Waals surface area contributed by atoms with Gasteiger partial charge >= 0.3 is 0 Å². The van der Waals surface area contributed by atoms with Crippen LogP contribution < -0.4 is 10.6 Å². The first-order valence-electron chi connectivity index (χ1n) is 10.6. The smallest absolute Gasteiger partial charge is 0.253 e. The van der Waals surface area contributed by atoms with E-state index in [0.717, 1.165) is 44.6 Å². The van der Waals surface area contributed by atoms with Crippen molar-refractivity contribution in [3.8, 4) is 0 Å². The first-order valence-corrected chi connectivity index (χ1v) is 10.6. The van der Waals surface area contributed by atoms with E-state index in [-0.39, 0.29) is 11.8 Å². The van der Waals surface area contributed by atoms with E-state index in [2.05, 4.69) is 17.6 Å². The standard InChI is InChI=1S/C22H35N3O2/c1-2-3-4-5-8-15-23-18-21(26)24-20-13-11-19(12-14-20)22(27)25-16-9-6-7-10-17-25/h11-14,23H,2-10,15-18H2,1H3,(H,24,26). The van der Waals surface area contributed by atoms with Gasteiger partial charge in [0.15, 0.2) is 0 Å².